The number of carbonyl (C=O) groups is 3. The van der Waals surface area contributed by atoms with Crippen molar-refractivity contribution < 1.29 is 29.0 Å². The van der Waals surface area contributed by atoms with Crippen LogP contribution in [0.25, 0.3) is 0 Å². The number of hydrogen-bond acceptors (Lipinski definition) is 6. The van der Waals surface area contributed by atoms with Crippen LogP contribution in [0.5, 0.6) is 5.75 Å². The number of amides is 2. The van der Waals surface area contributed by atoms with Gasteiger partial charge >= 0.3 is 5.97 Å². The van der Waals surface area contributed by atoms with Crippen LogP contribution in [0.3, 0.4) is 0 Å². The maximum absolute atomic E-state index is 13.7. The van der Waals surface area contributed by atoms with Crippen molar-refractivity contribution in [3.8, 4) is 5.75 Å². The number of hydrogen-bond donors (Lipinski definition) is 3. The molecule has 3 N–H and O–H groups in total. The largest absolute Gasteiger partial charge is 0.489 e. The first kappa shape index (κ1) is 37.1. The summed E-state index contributed by atoms with van der Waals surface area (Å²) in [5.41, 5.74) is 4.08. The Balaban J connectivity index is 1.21. The molecule has 1 aliphatic rings. The van der Waals surface area contributed by atoms with Crippen LogP contribution < -0.4 is 15.4 Å². The monoisotopic (exact) mass is 688 g/mol. The smallest absolute Gasteiger partial charge is 0.309 e. The molecule has 0 radical (unpaired) electrons. The van der Waals surface area contributed by atoms with Gasteiger partial charge in [-0.05, 0) is 72.9 Å². The van der Waals surface area contributed by atoms with Gasteiger partial charge in [0.15, 0.2) is 0 Å². The average Bonchev–Trinajstić information content (AvgIpc) is 3.17. The van der Waals surface area contributed by atoms with Crippen LogP contribution in [0.4, 0.5) is 0 Å². The Labute approximate surface area is 300 Å². The molecule has 1 aliphatic heterocycles. The lowest BCUT2D eigenvalue weighted by atomic mass is 9.94. The van der Waals surface area contributed by atoms with Gasteiger partial charge in [-0.25, -0.2) is 0 Å². The van der Waals surface area contributed by atoms with Gasteiger partial charge in [0, 0.05) is 6.42 Å². The van der Waals surface area contributed by atoms with Gasteiger partial charge < -0.3 is 25.2 Å². The highest BCUT2D eigenvalue weighted by Gasteiger charge is 2.27. The standard InChI is InChI=1S/C43H48N2O6/c46-29-38(26-34-21-23-40(24-22-34)50-30-35-17-9-3-10-18-35)44-41(47)28-36-19-11-4-12-20-37(25-32-13-5-1-6-14-32)43(49)51-31-39(45-42(36)48)27-33-15-7-2-8-16-33/h1-11,13-18,21-24,36-39,46H,12,19-20,25-31H2,(H,44,47)(H,45,48)/t36-,37-,38+,39+/m1/s1. The van der Waals surface area contributed by atoms with Crippen LogP contribution >= 0.6 is 0 Å². The summed E-state index contributed by atoms with van der Waals surface area (Å²) < 4.78 is 11.7. The zero-order valence-electron chi connectivity index (χ0n) is 29.0. The van der Waals surface area contributed by atoms with E-state index in [0.29, 0.717) is 45.1 Å². The zero-order valence-corrected chi connectivity index (χ0v) is 29.0. The van der Waals surface area contributed by atoms with Crippen molar-refractivity contribution in [2.45, 2.75) is 63.6 Å². The summed E-state index contributed by atoms with van der Waals surface area (Å²) in [6.07, 6.45) is 6.94. The fourth-order valence-corrected chi connectivity index (χ4v) is 6.25. The Kier molecular flexibility index (Phi) is 14.4. The molecule has 5 rings (SSSR count). The molecule has 0 unspecified atom stereocenters. The van der Waals surface area contributed by atoms with E-state index in [-0.39, 0.29) is 43.3 Å². The number of ether oxygens (including phenoxy) is 2. The summed E-state index contributed by atoms with van der Waals surface area (Å²) in [5.74, 6) is -1.10. The molecule has 266 valence electrons. The number of aliphatic hydroxyl groups excluding tert-OH is 1. The molecule has 8 heteroatoms. The van der Waals surface area contributed by atoms with Gasteiger partial charge in [0.2, 0.25) is 11.8 Å². The van der Waals surface area contributed by atoms with Crippen molar-refractivity contribution in [3.63, 3.8) is 0 Å². The van der Waals surface area contributed by atoms with Gasteiger partial charge in [-0.1, -0.05) is 115 Å². The van der Waals surface area contributed by atoms with Gasteiger partial charge in [-0.15, -0.1) is 0 Å². The molecule has 0 aromatic heterocycles. The lowest BCUT2D eigenvalue weighted by Gasteiger charge is -2.24. The van der Waals surface area contributed by atoms with E-state index >= 15 is 0 Å². The molecule has 4 aromatic rings. The second-order valence-corrected chi connectivity index (χ2v) is 13.2. The van der Waals surface area contributed by atoms with Gasteiger partial charge in [0.1, 0.15) is 19.0 Å². The highest BCUT2D eigenvalue weighted by Crippen LogP contribution is 2.20. The molecule has 0 aliphatic carbocycles. The Morgan fingerprint density at radius 2 is 1.41 bits per heavy atom. The van der Waals surface area contributed by atoms with E-state index in [0.717, 1.165) is 28.0 Å². The molecule has 0 saturated carbocycles. The third kappa shape index (κ3) is 12.6. The van der Waals surface area contributed by atoms with Crippen molar-refractivity contribution >= 4 is 17.8 Å². The molecule has 0 spiro atoms. The van der Waals surface area contributed by atoms with Crippen molar-refractivity contribution in [1.82, 2.24) is 10.6 Å². The summed E-state index contributed by atoms with van der Waals surface area (Å²) >= 11 is 0. The van der Waals surface area contributed by atoms with Crippen molar-refractivity contribution in [2.75, 3.05) is 13.2 Å². The first-order chi connectivity index (χ1) is 24.9. The summed E-state index contributed by atoms with van der Waals surface area (Å²) in [6.45, 7) is 0.246. The number of rotatable bonds is 13. The molecule has 8 nitrogen and oxygen atoms in total. The van der Waals surface area contributed by atoms with Crippen molar-refractivity contribution in [2.24, 2.45) is 11.8 Å². The zero-order chi connectivity index (χ0) is 35.7. The van der Waals surface area contributed by atoms with E-state index in [1.807, 2.05) is 127 Å². The lowest BCUT2D eigenvalue weighted by Crippen LogP contribution is -2.45. The molecule has 0 fully saturated rings. The Morgan fingerprint density at radius 1 is 0.784 bits per heavy atom. The highest BCUT2D eigenvalue weighted by molar-refractivity contribution is 5.86. The van der Waals surface area contributed by atoms with Crippen molar-refractivity contribution in [3.05, 3.63) is 150 Å². The van der Waals surface area contributed by atoms with Crippen LogP contribution in [-0.4, -0.2) is 48.2 Å². The topological polar surface area (TPSA) is 114 Å². The second-order valence-electron chi connectivity index (χ2n) is 13.2. The first-order valence-corrected chi connectivity index (χ1v) is 17.8. The van der Waals surface area contributed by atoms with E-state index < -0.39 is 18.0 Å². The van der Waals surface area contributed by atoms with Crippen LogP contribution in [0.2, 0.25) is 0 Å². The van der Waals surface area contributed by atoms with E-state index in [1.54, 1.807) is 0 Å². The van der Waals surface area contributed by atoms with E-state index in [4.69, 9.17) is 9.47 Å². The number of aliphatic hydroxyl groups is 1. The Bertz CT molecular complexity index is 1680. The summed E-state index contributed by atoms with van der Waals surface area (Å²) in [4.78, 5) is 40.4. The second kappa shape index (κ2) is 19.8. The maximum atomic E-state index is 13.7. The molecule has 4 aromatic carbocycles. The number of carbonyl (C=O) groups excluding carboxylic acids is 3. The summed E-state index contributed by atoms with van der Waals surface area (Å²) in [7, 11) is 0. The van der Waals surface area contributed by atoms with E-state index in [1.165, 1.54) is 0 Å². The number of benzene rings is 4. The summed E-state index contributed by atoms with van der Waals surface area (Å²) in [5, 5.41) is 16.2. The predicted molar refractivity (Wildman–Crippen MR) is 198 cm³/mol. The Morgan fingerprint density at radius 3 is 2.06 bits per heavy atom. The third-order valence-corrected chi connectivity index (χ3v) is 9.07. The van der Waals surface area contributed by atoms with Gasteiger partial charge in [-0.2, -0.15) is 0 Å². The fraction of sp³-hybridized carbons (Fsp3) is 0.326. The van der Waals surface area contributed by atoms with Gasteiger partial charge in [-0.3, -0.25) is 14.4 Å². The SMILES string of the molecule is O=C(C[C@H]1CC=CCC[C@H](Cc2ccccc2)C(=O)OC[C@H](Cc2ccccc2)NC1=O)N[C@H](CO)Cc1ccc(OCc2ccccc2)cc1. The van der Waals surface area contributed by atoms with Crippen molar-refractivity contribution in [1.29, 1.82) is 0 Å². The van der Waals surface area contributed by atoms with Crippen LogP contribution in [0, 0.1) is 11.8 Å². The molecule has 0 saturated heterocycles. The molecule has 0 bridgehead atoms. The minimum absolute atomic E-state index is 0.0276. The molecular weight excluding hydrogens is 640 g/mol. The quantitative estimate of drug-likeness (QED) is 0.115. The normalized spacial score (nSPS) is 19.0. The lowest BCUT2D eigenvalue weighted by molar-refractivity contribution is -0.150. The van der Waals surface area contributed by atoms with E-state index in [9.17, 15) is 19.5 Å². The van der Waals surface area contributed by atoms with Gasteiger partial charge in [0.05, 0.1) is 30.5 Å². The number of esters is 1. The van der Waals surface area contributed by atoms with Gasteiger partial charge in [0.25, 0.3) is 0 Å². The first-order valence-electron chi connectivity index (χ1n) is 17.8. The summed E-state index contributed by atoms with van der Waals surface area (Å²) in [6, 6.07) is 36.2. The predicted octanol–water partition coefficient (Wildman–Crippen LogP) is 6.16. The number of allylic oxidation sites excluding steroid dienone is 2. The van der Waals surface area contributed by atoms with Crippen LogP contribution in [-0.2, 0) is 45.0 Å². The highest BCUT2D eigenvalue weighted by atomic mass is 16.5. The molecule has 2 amide bonds. The minimum atomic E-state index is -0.642. The minimum Gasteiger partial charge on any atom is -0.489 e. The number of nitrogens with one attached hydrogen (secondary N) is 2. The molecule has 51 heavy (non-hydrogen) atoms. The van der Waals surface area contributed by atoms with Crippen LogP contribution in [0.1, 0.15) is 47.9 Å². The number of cyclic esters (lactones) is 1. The van der Waals surface area contributed by atoms with Crippen LogP contribution in [0.15, 0.2) is 127 Å². The molecular formula is C43H48N2O6. The average molecular weight is 689 g/mol. The fourth-order valence-electron chi connectivity index (χ4n) is 6.25. The van der Waals surface area contributed by atoms with E-state index in [2.05, 4.69) is 10.6 Å². The Hall–Kier alpha value is -5.21. The molecule has 1 heterocycles. The maximum Gasteiger partial charge on any atom is 0.309 e. The third-order valence-electron chi connectivity index (χ3n) is 9.07. The molecule has 4 atom stereocenters.